The molecular weight excluding hydrogens is 258 g/mol. The summed E-state index contributed by atoms with van der Waals surface area (Å²) in [5.74, 6) is -1.07. The number of carbonyl (C=O) groups is 2. The summed E-state index contributed by atoms with van der Waals surface area (Å²) >= 11 is 0. The van der Waals surface area contributed by atoms with Gasteiger partial charge in [0.25, 0.3) is 5.91 Å². The number of esters is 1. The van der Waals surface area contributed by atoms with Gasteiger partial charge in [0.2, 0.25) is 0 Å². The predicted octanol–water partition coefficient (Wildman–Crippen LogP) is 1.68. The molecule has 1 aromatic carbocycles. The number of hydrogen-bond donors (Lipinski definition) is 2. The van der Waals surface area contributed by atoms with E-state index < -0.39 is 18.5 Å². The second kappa shape index (κ2) is 6.20. The largest absolute Gasteiger partial charge is 0.451 e. The Labute approximate surface area is 115 Å². The van der Waals surface area contributed by atoms with Gasteiger partial charge >= 0.3 is 5.97 Å². The molecule has 20 heavy (non-hydrogen) atoms. The maximum Gasteiger partial charge on any atom is 0.355 e. The highest BCUT2D eigenvalue weighted by atomic mass is 16.5. The maximum atomic E-state index is 11.6. The first-order valence-electron chi connectivity index (χ1n) is 5.79. The smallest absolute Gasteiger partial charge is 0.355 e. The van der Waals surface area contributed by atoms with Crippen LogP contribution in [0.25, 0.3) is 0 Å². The summed E-state index contributed by atoms with van der Waals surface area (Å²) in [6.07, 6.45) is 1.59. The van der Waals surface area contributed by atoms with Gasteiger partial charge < -0.3 is 15.0 Å². The van der Waals surface area contributed by atoms with Crippen molar-refractivity contribution >= 4 is 17.6 Å². The standard InChI is InChI=1S/C14H11N3O3/c15-8-10-3-1-4-11(7-10)17-13(18)9-20-14(19)12-5-2-6-16-12/h1-7,16H,9H2,(H,17,18). The molecule has 0 fully saturated rings. The van der Waals surface area contributed by atoms with Gasteiger partial charge in [-0.2, -0.15) is 5.26 Å². The van der Waals surface area contributed by atoms with Gasteiger partial charge in [0.05, 0.1) is 11.6 Å². The van der Waals surface area contributed by atoms with E-state index in [-0.39, 0.29) is 5.69 Å². The molecule has 0 saturated carbocycles. The van der Waals surface area contributed by atoms with Crippen molar-refractivity contribution in [2.75, 3.05) is 11.9 Å². The topological polar surface area (TPSA) is 95.0 Å². The van der Waals surface area contributed by atoms with E-state index in [1.165, 1.54) is 6.07 Å². The highest BCUT2D eigenvalue weighted by Gasteiger charge is 2.10. The second-order valence-corrected chi connectivity index (χ2v) is 3.90. The zero-order valence-corrected chi connectivity index (χ0v) is 10.4. The third-order valence-corrected chi connectivity index (χ3v) is 2.43. The Kier molecular flexibility index (Phi) is 4.14. The summed E-state index contributed by atoms with van der Waals surface area (Å²) in [4.78, 5) is 25.8. The van der Waals surface area contributed by atoms with E-state index >= 15 is 0 Å². The fourth-order valence-electron chi connectivity index (χ4n) is 1.53. The van der Waals surface area contributed by atoms with Gasteiger partial charge in [-0.1, -0.05) is 6.07 Å². The number of aromatic nitrogens is 1. The lowest BCUT2D eigenvalue weighted by Gasteiger charge is -2.06. The molecule has 0 aliphatic rings. The number of nitrogens with zero attached hydrogens (tertiary/aromatic N) is 1. The first kappa shape index (κ1) is 13.4. The van der Waals surface area contributed by atoms with Crippen LogP contribution in [0, 0.1) is 11.3 Å². The Morgan fingerprint density at radius 1 is 1.30 bits per heavy atom. The van der Waals surface area contributed by atoms with Crippen molar-refractivity contribution in [1.29, 1.82) is 5.26 Å². The molecular formula is C14H11N3O3. The van der Waals surface area contributed by atoms with Crippen LogP contribution in [0.15, 0.2) is 42.6 Å². The molecule has 0 bridgehead atoms. The summed E-state index contributed by atoms with van der Waals surface area (Å²) in [7, 11) is 0. The van der Waals surface area contributed by atoms with Crippen molar-refractivity contribution in [3.8, 4) is 6.07 Å². The van der Waals surface area contributed by atoms with Gasteiger partial charge in [-0.15, -0.1) is 0 Å². The maximum absolute atomic E-state index is 11.6. The third-order valence-electron chi connectivity index (χ3n) is 2.43. The summed E-state index contributed by atoms with van der Waals surface area (Å²) in [5.41, 5.74) is 1.19. The Balaban J connectivity index is 1.86. The van der Waals surface area contributed by atoms with E-state index in [9.17, 15) is 9.59 Å². The number of anilines is 1. The van der Waals surface area contributed by atoms with E-state index in [4.69, 9.17) is 10.00 Å². The van der Waals surface area contributed by atoms with Gasteiger partial charge in [-0.3, -0.25) is 4.79 Å². The molecule has 2 aromatic rings. The van der Waals surface area contributed by atoms with Gasteiger partial charge in [0.1, 0.15) is 5.69 Å². The monoisotopic (exact) mass is 269 g/mol. The third kappa shape index (κ3) is 3.46. The van der Waals surface area contributed by atoms with Crippen LogP contribution in [0.1, 0.15) is 16.1 Å². The normalized spacial score (nSPS) is 9.55. The number of H-pyrrole nitrogens is 1. The number of rotatable bonds is 4. The summed E-state index contributed by atoms with van der Waals surface area (Å²) < 4.78 is 4.83. The molecule has 0 atom stereocenters. The van der Waals surface area contributed by atoms with Crippen LogP contribution in [0.5, 0.6) is 0 Å². The molecule has 0 unspecified atom stereocenters. The van der Waals surface area contributed by atoms with Crippen LogP contribution in [0.4, 0.5) is 5.69 Å². The number of amides is 1. The van der Waals surface area contributed by atoms with E-state index in [0.29, 0.717) is 11.3 Å². The van der Waals surface area contributed by atoms with E-state index in [1.807, 2.05) is 6.07 Å². The van der Waals surface area contributed by atoms with Crippen molar-refractivity contribution in [1.82, 2.24) is 4.98 Å². The first-order chi connectivity index (χ1) is 9.69. The van der Waals surface area contributed by atoms with E-state index in [0.717, 1.165) is 0 Å². The van der Waals surface area contributed by atoms with Crippen LogP contribution < -0.4 is 5.32 Å². The van der Waals surface area contributed by atoms with Gasteiger partial charge in [0.15, 0.2) is 6.61 Å². The van der Waals surface area contributed by atoms with Gasteiger partial charge in [-0.05, 0) is 30.3 Å². The summed E-state index contributed by atoms with van der Waals surface area (Å²) in [6, 6.07) is 11.6. The fourth-order valence-corrected chi connectivity index (χ4v) is 1.53. The zero-order chi connectivity index (χ0) is 14.4. The van der Waals surface area contributed by atoms with Crippen molar-refractivity contribution in [3.05, 3.63) is 53.9 Å². The molecule has 100 valence electrons. The fraction of sp³-hybridized carbons (Fsp3) is 0.0714. The van der Waals surface area contributed by atoms with Gasteiger partial charge in [-0.25, -0.2) is 4.79 Å². The molecule has 0 aliphatic heterocycles. The number of nitriles is 1. The first-order valence-corrected chi connectivity index (χ1v) is 5.79. The van der Waals surface area contributed by atoms with Crippen LogP contribution in [-0.2, 0) is 9.53 Å². The van der Waals surface area contributed by atoms with Crippen molar-refractivity contribution in [2.24, 2.45) is 0 Å². The van der Waals surface area contributed by atoms with Crippen molar-refractivity contribution < 1.29 is 14.3 Å². The van der Waals surface area contributed by atoms with Crippen LogP contribution >= 0.6 is 0 Å². The Hall–Kier alpha value is -3.07. The Morgan fingerprint density at radius 3 is 2.85 bits per heavy atom. The Morgan fingerprint density at radius 2 is 2.15 bits per heavy atom. The molecule has 2 rings (SSSR count). The number of nitrogens with one attached hydrogen (secondary N) is 2. The lowest BCUT2D eigenvalue weighted by Crippen LogP contribution is -2.21. The number of ether oxygens (including phenoxy) is 1. The zero-order valence-electron chi connectivity index (χ0n) is 10.4. The summed E-state index contributed by atoms with van der Waals surface area (Å²) in [6.45, 7) is -0.394. The number of carbonyl (C=O) groups excluding carboxylic acids is 2. The molecule has 6 heteroatoms. The average molecular weight is 269 g/mol. The molecule has 2 N–H and O–H groups in total. The molecule has 1 amide bonds. The highest BCUT2D eigenvalue weighted by molar-refractivity contribution is 5.94. The van der Waals surface area contributed by atoms with Gasteiger partial charge in [0, 0.05) is 11.9 Å². The second-order valence-electron chi connectivity index (χ2n) is 3.90. The van der Waals surface area contributed by atoms with Crippen molar-refractivity contribution in [2.45, 2.75) is 0 Å². The lowest BCUT2D eigenvalue weighted by molar-refractivity contribution is -0.119. The van der Waals surface area contributed by atoms with Crippen LogP contribution in [0.2, 0.25) is 0 Å². The minimum atomic E-state index is -0.601. The lowest BCUT2D eigenvalue weighted by atomic mass is 10.2. The molecule has 1 heterocycles. The molecule has 0 spiro atoms. The molecule has 1 aromatic heterocycles. The molecule has 6 nitrogen and oxygen atoms in total. The minimum absolute atomic E-state index is 0.282. The minimum Gasteiger partial charge on any atom is -0.451 e. The van der Waals surface area contributed by atoms with Crippen molar-refractivity contribution in [3.63, 3.8) is 0 Å². The van der Waals surface area contributed by atoms with Crippen LogP contribution in [-0.4, -0.2) is 23.5 Å². The number of benzene rings is 1. The van der Waals surface area contributed by atoms with Crippen LogP contribution in [0.3, 0.4) is 0 Å². The quantitative estimate of drug-likeness (QED) is 0.825. The summed E-state index contributed by atoms with van der Waals surface area (Å²) in [5, 5.41) is 11.3. The molecule has 0 aliphatic carbocycles. The Bertz CT molecular complexity index is 657. The average Bonchev–Trinajstić information content (AvgIpc) is 2.99. The number of aromatic amines is 1. The van der Waals surface area contributed by atoms with E-state index in [2.05, 4.69) is 10.3 Å². The van der Waals surface area contributed by atoms with E-state index in [1.54, 1.807) is 36.5 Å². The molecule has 0 saturated heterocycles. The predicted molar refractivity (Wildman–Crippen MR) is 70.9 cm³/mol. The molecule has 0 radical (unpaired) electrons. The highest BCUT2D eigenvalue weighted by Crippen LogP contribution is 2.09. The number of hydrogen-bond acceptors (Lipinski definition) is 4. The SMILES string of the molecule is N#Cc1cccc(NC(=O)COC(=O)c2ccc[nH]2)c1.